The van der Waals surface area contributed by atoms with Gasteiger partial charge in [0.15, 0.2) is 0 Å². The zero-order chi connectivity index (χ0) is 18.0. The first-order chi connectivity index (χ1) is 11.9. The molecule has 1 aliphatic rings. The molecule has 0 aromatic heterocycles. The van der Waals surface area contributed by atoms with Crippen LogP contribution in [-0.2, 0) is 20.4 Å². The third-order valence-corrected chi connectivity index (χ3v) is 3.81. The third-order valence-electron chi connectivity index (χ3n) is 3.81. The van der Waals surface area contributed by atoms with Crippen molar-refractivity contribution in [3.05, 3.63) is 59.7 Å². The van der Waals surface area contributed by atoms with Crippen molar-refractivity contribution in [1.29, 1.82) is 0 Å². The molecule has 2 aromatic rings. The molecule has 1 atom stereocenters. The van der Waals surface area contributed by atoms with Crippen molar-refractivity contribution >= 4 is 11.9 Å². The Morgan fingerprint density at radius 1 is 1.08 bits per heavy atom. The van der Waals surface area contributed by atoms with E-state index in [1.54, 1.807) is 18.2 Å². The largest absolute Gasteiger partial charge is 0.463 e. The molecule has 0 amide bonds. The van der Waals surface area contributed by atoms with Crippen molar-refractivity contribution in [2.75, 3.05) is 6.61 Å². The minimum Gasteiger partial charge on any atom is -0.463 e. The second-order valence-corrected chi connectivity index (χ2v) is 5.47. The predicted octanol–water partition coefficient (Wildman–Crippen LogP) is 3.84. The third kappa shape index (κ3) is 3.65. The molecule has 130 valence electrons. The molecule has 1 saturated heterocycles. The van der Waals surface area contributed by atoms with Crippen LogP contribution in [-0.4, -0.2) is 24.6 Å². The molecule has 2 aromatic carbocycles. The van der Waals surface area contributed by atoms with Crippen molar-refractivity contribution in [1.82, 2.24) is 0 Å². The van der Waals surface area contributed by atoms with Gasteiger partial charge in [0.05, 0.1) is 17.7 Å². The molecule has 4 nitrogen and oxygen atoms in total. The van der Waals surface area contributed by atoms with E-state index in [4.69, 9.17) is 9.47 Å². The average molecular weight is 350 g/mol. The van der Waals surface area contributed by atoms with Crippen molar-refractivity contribution in [2.45, 2.75) is 18.7 Å². The first-order valence-electron chi connectivity index (χ1n) is 7.50. The smallest absolute Gasteiger partial charge is 0.416 e. The maximum Gasteiger partial charge on any atom is 0.416 e. The average Bonchev–Trinajstić information content (AvgIpc) is 2.99. The predicted molar refractivity (Wildman–Crippen MR) is 81.7 cm³/mol. The Hall–Kier alpha value is -2.83. The van der Waals surface area contributed by atoms with Crippen LogP contribution in [0.15, 0.2) is 48.5 Å². The molecule has 0 saturated carbocycles. The van der Waals surface area contributed by atoms with Crippen LogP contribution in [0.25, 0.3) is 11.1 Å². The molecular weight excluding hydrogens is 337 g/mol. The standard InChI is InChI=1S/C18H13F3O4/c19-18(20,21)12-7-5-11(6-8-12)13-3-1-2-4-14(13)16(22)25-15-9-10-24-17(15)23/h1-8,15H,9-10H2/t15-/m1/s1. The van der Waals surface area contributed by atoms with Crippen LogP contribution in [0.4, 0.5) is 13.2 Å². The molecule has 1 fully saturated rings. The number of carbonyl (C=O) groups is 2. The number of ether oxygens (including phenoxy) is 2. The summed E-state index contributed by atoms with van der Waals surface area (Å²) in [6, 6.07) is 10.8. The van der Waals surface area contributed by atoms with Gasteiger partial charge in [0.2, 0.25) is 6.10 Å². The molecule has 1 aliphatic heterocycles. The Morgan fingerprint density at radius 3 is 2.36 bits per heavy atom. The lowest BCUT2D eigenvalue weighted by Gasteiger charge is -2.13. The Kier molecular flexibility index (Phi) is 4.48. The summed E-state index contributed by atoms with van der Waals surface area (Å²) in [5.74, 6) is -1.32. The van der Waals surface area contributed by atoms with Gasteiger partial charge in [0, 0.05) is 6.42 Å². The Balaban J connectivity index is 1.88. The van der Waals surface area contributed by atoms with Crippen LogP contribution in [0.2, 0.25) is 0 Å². The van der Waals surface area contributed by atoms with Gasteiger partial charge in [-0.25, -0.2) is 9.59 Å². The normalized spacial score (nSPS) is 17.2. The summed E-state index contributed by atoms with van der Waals surface area (Å²) in [6.07, 6.45) is -5.10. The fourth-order valence-corrected chi connectivity index (χ4v) is 2.53. The van der Waals surface area contributed by atoms with Gasteiger partial charge in [-0.2, -0.15) is 13.2 Å². The second-order valence-electron chi connectivity index (χ2n) is 5.47. The highest BCUT2D eigenvalue weighted by Crippen LogP contribution is 2.32. The van der Waals surface area contributed by atoms with Crippen molar-refractivity contribution in [3.8, 4) is 11.1 Å². The minimum atomic E-state index is -4.43. The molecule has 0 bridgehead atoms. The molecule has 0 N–H and O–H groups in total. The van der Waals surface area contributed by atoms with E-state index in [1.807, 2.05) is 0 Å². The van der Waals surface area contributed by atoms with Crippen LogP contribution < -0.4 is 0 Å². The van der Waals surface area contributed by atoms with Crippen LogP contribution in [0.3, 0.4) is 0 Å². The van der Waals surface area contributed by atoms with E-state index in [0.717, 1.165) is 12.1 Å². The quantitative estimate of drug-likeness (QED) is 0.789. The number of hydrogen-bond acceptors (Lipinski definition) is 4. The van der Waals surface area contributed by atoms with E-state index in [-0.39, 0.29) is 18.6 Å². The Morgan fingerprint density at radius 2 is 1.76 bits per heavy atom. The van der Waals surface area contributed by atoms with E-state index < -0.39 is 29.8 Å². The summed E-state index contributed by atoms with van der Waals surface area (Å²) >= 11 is 0. The summed E-state index contributed by atoms with van der Waals surface area (Å²) in [7, 11) is 0. The van der Waals surface area contributed by atoms with Gasteiger partial charge in [-0.1, -0.05) is 30.3 Å². The first kappa shape index (κ1) is 17.0. The van der Waals surface area contributed by atoms with Gasteiger partial charge in [-0.3, -0.25) is 0 Å². The van der Waals surface area contributed by atoms with Crippen LogP contribution >= 0.6 is 0 Å². The van der Waals surface area contributed by atoms with Crippen LogP contribution in [0.1, 0.15) is 22.3 Å². The van der Waals surface area contributed by atoms with Gasteiger partial charge in [-0.05, 0) is 29.3 Å². The van der Waals surface area contributed by atoms with Crippen molar-refractivity contribution in [3.63, 3.8) is 0 Å². The monoisotopic (exact) mass is 350 g/mol. The maximum absolute atomic E-state index is 12.7. The van der Waals surface area contributed by atoms with Crippen molar-refractivity contribution in [2.24, 2.45) is 0 Å². The zero-order valence-electron chi connectivity index (χ0n) is 12.9. The number of benzene rings is 2. The lowest BCUT2D eigenvalue weighted by atomic mass is 9.98. The highest BCUT2D eigenvalue weighted by molar-refractivity contribution is 5.98. The van der Waals surface area contributed by atoms with E-state index >= 15 is 0 Å². The number of esters is 2. The summed E-state index contributed by atoms with van der Waals surface area (Å²) in [5, 5.41) is 0. The summed E-state index contributed by atoms with van der Waals surface area (Å²) in [6.45, 7) is 0.192. The number of halogens is 3. The molecule has 0 unspecified atom stereocenters. The van der Waals surface area contributed by atoms with Crippen LogP contribution in [0, 0.1) is 0 Å². The SMILES string of the molecule is O=C(O[C@@H]1CCOC1=O)c1ccccc1-c1ccc(C(F)(F)F)cc1. The number of alkyl halides is 3. The Bertz CT molecular complexity index is 797. The zero-order valence-corrected chi connectivity index (χ0v) is 12.9. The minimum absolute atomic E-state index is 0.168. The molecule has 7 heteroatoms. The molecule has 25 heavy (non-hydrogen) atoms. The van der Waals surface area contributed by atoms with E-state index in [0.29, 0.717) is 11.1 Å². The number of carbonyl (C=O) groups excluding carboxylic acids is 2. The molecule has 0 aliphatic carbocycles. The van der Waals surface area contributed by atoms with Gasteiger partial charge >= 0.3 is 18.1 Å². The molecule has 3 rings (SSSR count). The molecule has 1 heterocycles. The highest BCUT2D eigenvalue weighted by atomic mass is 19.4. The topological polar surface area (TPSA) is 52.6 Å². The van der Waals surface area contributed by atoms with Gasteiger partial charge in [0.1, 0.15) is 0 Å². The molecular formula is C18H13F3O4. The first-order valence-corrected chi connectivity index (χ1v) is 7.50. The van der Waals surface area contributed by atoms with Gasteiger partial charge in [0.25, 0.3) is 0 Å². The van der Waals surface area contributed by atoms with Crippen LogP contribution in [0.5, 0.6) is 0 Å². The second kappa shape index (κ2) is 6.58. The number of cyclic esters (lactones) is 1. The van der Waals surface area contributed by atoms with E-state index in [1.165, 1.54) is 18.2 Å². The highest BCUT2D eigenvalue weighted by Gasteiger charge is 2.32. The lowest BCUT2D eigenvalue weighted by molar-refractivity contribution is -0.145. The van der Waals surface area contributed by atoms with E-state index in [9.17, 15) is 22.8 Å². The Labute approximate surface area is 141 Å². The fourth-order valence-electron chi connectivity index (χ4n) is 2.53. The van der Waals surface area contributed by atoms with Crippen molar-refractivity contribution < 1.29 is 32.2 Å². The summed E-state index contributed by atoms with van der Waals surface area (Å²) in [4.78, 5) is 23.8. The summed E-state index contributed by atoms with van der Waals surface area (Å²) < 4.78 is 47.9. The fraction of sp³-hybridized carbons (Fsp3) is 0.222. The number of hydrogen-bond donors (Lipinski definition) is 0. The lowest BCUT2D eigenvalue weighted by Crippen LogP contribution is -2.23. The molecule has 0 radical (unpaired) electrons. The van der Waals surface area contributed by atoms with Gasteiger partial charge in [-0.15, -0.1) is 0 Å². The van der Waals surface area contributed by atoms with Gasteiger partial charge < -0.3 is 9.47 Å². The summed E-state index contributed by atoms with van der Waals surface area (Å²) in [5.41, 5.74) is 0.258. The maximum atomic E-state index is 12.7. The molecule has 0 spiro atoms. The van der Waals surface area contributed by atoms with E-state index in [2.05, 4.69) is 0 Å². The number of rotatable bonds is 3.